The Hall–Kier alpha value is -3.87. The van der Waals surface area contributed by atoms with Crippen molar-refractivity contribution in [2.75, 3.05) is 11.9 Å². The first-order valence-electron chi connectivity index (χ1n) is 9.75. The highest BCUT2D eigenvalue weighted by atomic mass is 16.5. The molecule has 152 valence electrons. The SMILES string of the molecule is CCOc1ccc2c(c1)cc(CNc1ccc[nH]c1=O)c(=O)n2Cc1cccnc1. The summed E-state index contributed by atoms with van der Waals surface area (Å²) in [5.74, 6) is 0.745. The first kappa shape index (κ1) is 19.4. The van der Waals surface area contributed by atoms with Gasteiger partial charge in [0.05, 0.1) is 18.7 Å². The second kappa shape index (κ2) is 8.65. The fraction of sp³-hybridized carbons (Fsp3) is 0.174. The Balaban J connectivity index is 1.78. The topological polar surface area (TPSA) is 89.0 Å². The molecule has 0 aliphatic carbocycles. The standard InChI is InChI=1S/C23H22N4O3/c1-2-30-19-7-8-21-17(12-19)11-18(14-26-20-6-4-10-25-22(20)28)23(29)27(21)15-16-5-3-9-24-13-16/h3-13,26H,2,14-15H2,1H3,(H,25,28). The molecule has 1 aromatic carbocycles. The predicted octanol–water partition coefficient (Wildman–Crippen LogP) is 3.14. The summed E-state index contributed by atoms with van der Waals surface area (Å²) >= 11 is 0. The summed E-state index contributed by atoms with van der Waals surface area (Å²) in [6.07, 6.45) is 5.03. The molecule has 0 bridgehead atoms. The number of ether oxygens (including phenoxy) is 1. The van der Waals surface area contributed by atoms with E-state index in [-0.39, 0.29) is 17.7 Å². The molecule has 4 aromatic rings. The molecular formula is C23H22N4O3. The number of nitrogens with zero attached hydrogens (tertiary/aromatic N) is 2. The summed E-state index contributed by atoms with van der Waals surface area (Å²) in [5, 5.41) is 3.96. The summed E-state index contributed by atoms with van der Waals surface area (Å²) in [4.78, 5) is 32.0. The van der Waals surface area contributed by atoms with Crippen LogP contribution in [0.25, 0.3) is 10.9 Å². The third kappa shape index (κ3) is 4.10. The molecule has 0 aliphatic rings. The highest BCUT2D eigenvalue weighted by molar-refractivity contribution is 5.81. The van der Waals surface area contributed by atoms with Gasteiger partial charge in [0.1, 0.15) is 11.4 Å². The second-order valence-corrected chi connectivity index (χ2v) is 6.84. The van der Waals surface area contributed by atoms with E-state index in [2.05, 4.69) is 15.3 Å². The van der Waals surface area contributed by atoms with Gasteiger partial charge in [-0.2, -0.15) is 0 Å². The number of anilines is 1. The highest BCUT2D eigenvalue weighted by Crippen LogP contribution is 2.22. The van der Waals surface area contributed by atoms with Gasteiger partial charge in [-0.1, -0.05) is 6.07 Å². The minimum absolute atomic E-state index is 0.115. The van der Waals surface area contributed by atoms with E-state index < -0.39 is 0 Å². The third-order valence-corrected chi connectivity index (χ3v) is 4.80. The van der Waals surface area contributed by atoms with Gasteiger partial charge >= 0.3 is 0 Å². The largest absolute Gasteiger partial charge is 0.494 e. The molecule has 7 nitrogen and oxygen atoms in total. The van der Waals surface area contributed by atoms with Gasteiger partial charge in [-0.05, 0) is 55.0 Å². The van der Waals surface area contributed by atoms with Crippen LogP contribution in [0.3, 0.4) is 0 Å². The van der Waals surface area contributed by atoms with E-state index in [0.29, 0.717) is 24.4 Å². The van der Waals surface area contributed by atoms with Gasteiger partial charge in [0.15, 0.2) is 0 Å². The molecule has 0 saturated heterocycles. The van der Waals surface area contributed by atoms with Gasteiger partial charge in [-0.15, -0.1) is 0 Å². The minimum atomic E-state index is -0.229. The molecule has 0 atom stereocenters. The van der Waals surface area contributed by atoms with Crippen molar-refractivity contribution in [1.82, 2.24) is 14.5 Å². The summed E-state index contributed by atoms with van der Waals surface area (Å²) in [6.45, 7) is 3.12. The maximum Gasteiger partial charge on any atom is 0.271 e. The molecule has 3 heterocycles. The number of aromatic nitrogens is 3. The molecular weight excluding hydrogens is 380 g/mol. The van der Waals surface area contributed by atoms with E-state index in [0.717, 1.165) is 22.2 Å². The molecule has 0 amide bonds. The summed E-state index contributed by atoms with van der Waals surface area (Å²) in [7, 11) is 0. The van der Waals surface area contributed by atoms with Crippen molar-refractivity contribution in [3.8, 4) is 5.75 Å². The van der Waals surface area contributed by atoms with Gasteiger partial charge in [-0.25, -0.2) is 0 Å². The summed E-state index contributed by atoms with van der Waals surface area (Å²) in [6, 6.07) is 14.8. The average Bonchev–Trinajstić information content (AvgIpc) is 2.76. The van der Waals surface area contributed by atoms with Gasteiger partial charge in [0.25, 0.3) is 11.1 Å². The molecule has 0 spiro atoms. The predicted molar refractivity (Wildman–Crippen MR) is 117 cm³/mol. The van der Waals surface area contributed by atoms with E-state index in [9.17, 15) is 9.59 Å². The smallest absolute Gasteiger partial charge is 0.271 e. The van der Waals surface area contributed by atoms with Crippen LogP contribution in [0.2, 0.25) is 0 Å². The average molecular weight is 402 g/mol. The molecule has 2 N–H and O–H groups in total. The molecule has 30 heavy (non-hydrogen) atoms. The molecule has 4 rings (SSSR count). The minimum Gasteiger partial charge on any atom is -0.494 e. The first-order chi connectivity index (χ1) is 14.7. The van der Waals surface area contributed by atoms with Crippen LogP contribution in [0, 0.1) is 0 Å². The number of aromatic amines is 1. The van der Waals surface area contributed by atoms with Gasteiger partial charge < -0.3 is 19.6 Å². The molecule has 0 radical (unpaired) electrons. The Labute approximate surface area is 173 Å². The normalized spacial score (nSPS) is 10.8. The lowest BCUT2D eigenvalue weighted by molar-refractivity contribution is 0.340. The monoisotopic (exact) mass is 402 g/mol. The fourth-order valence-corrected chi connectivity index (χ4v) is 3.39. The number of H-pyrrole nitrogens is 1. The molecule has 0 aliphatic heterocycles. The number of hydrogen-bond donors (Lipinski definition) is 2. The third-order valence-electron chi connectivity index (χ3n) is 4.80. The van der Waals surface area contributed by atoms with Crippen LogP contribution in [-0.4, -0.2) is 21.1 Å². The van der Waals surface area contributed by atoms with Gasteiger partial charge in [0.2, 0.25) is 0 Å². The van der Waals surface area contributed by atoms with Crippen LogP contribution in [0.15, 0.2) is 76.7 Å². The van der Waals surface area contributed by atoms with Crippen LogP contribution in [-0.2, 0) is 13.1 Å². The molecule has 0 unspecified atom stereocenters. The molecule has 0 fully saturated rings. The van der Waals surface area contributed by atoms with Crippen molar-refractivity contribution in [3.05, 3.63) is 99.0 Å². The zero-order valence-corrected chi connectivity index (χ0v) is 16.6. The van der Waals surface area contributed by atoms with Crippen LogP contribution in [0.5, 0.6) is 5.75 Å². The number of hydrogen-bond acceptors (Lipinski definition) is 5. The van der Waals surface area contributed by atoms with Crippen molar-refractivity contribution in [3.63, 3.8) is 0 Å². The summed E-state index contributed by atoms with van der Waals surface area (Å²) in [5.41, 5.74) is 2.37. The van der Waals surface area contributed by atoms with Crippen LogP contribution in [0.1, 0.15) is 18.1 Å². The van der Waals surface area contributed by atoms with Crippen LogP contribution < -0.4 is 21.2 Å². The Bertz CT molecular complexity index is 1280. The van der Waals surface area contributed by atoms with Crippen molar-refractivity contribution < 1.29 is 4.74 Å². The van der Waals surface area contributed by atoms with Crippen molar-refractivity contribution in [1.29, 1.82) is 0 Å². The second-order valence-electron chi connectivity index (χ2n) is 6.84. The van der Waals surface area contributed by atoms with E-state index >= 15 is 0 Å². The van der Waals surface area contributed by atoms with E-state index in [4.69, 9.17) is 4.74 Å². The summed E-state index contributed by atoms with van der Waals surface area (Å²) < 4.78 is 7.36. The lowest BCUT2D eigenvalue weighted by Crippen LogP contribution is -2.26. The molecule has 3 aromatic heterocycles. The number of pyridine rings is 3. The maximum atomic E-state index is 13.3. The molecule has 0 saturated carbocycles. The lowest BCUT2D eigenvalue weighted by Gasteiger charge is -2.15. The zero-order chi connectivity index (χ0) is 20.9. The Morgan fingerprint density at radius 2 is 2.03 bits per heavy atom. The van der Waals surface area contributed by atoms with Crippen molar-refractivity contribution in [2.45, 2.75) is 20.0 Å². The fourth-order valence-electron chi connectivity index (χ4n) is 3.39. The Morgan fingerprint density at radius 3 is 2.80 bits per heavy atom. The number of rotatable bonds is 7. The van der Waals surface area contributed by atoms with Crippen molar-refractivity contribution in [2.24, 2.45) is 0 Å². The van der Waals surface area contributed by atoms with E-state index in [1.54, 1.807) is 35.3 Å². The number of benzene rings is 1. The number of fused-ring (bicyclic) bond motifs is 1. The van der Waals surface area contributed by atoms with Crippen molar-refractivity contribution >= 4 is 16.6 Å². The maximum absolute atomic E-state index is 13.3. The quantitative estimate of drug-likeness (QED) is 0.496. The first-order valence-corrected chi connectivity index (χ1v) is 9.75. The van der Waals surface area contributed by atoms with Gasteiger partial charge in [0, 0.05) is 36.1 Å². The van der Waals surface area contributed by atoms with E-state index in [1.807, 2.05) is 43.3 Å². The van der Waals surface area contributed by atoms with Crippen LogP contribution in [0.4, 0.5) is 5.69 Å². The Morgan fingerprint density at radius 1 is 1.13 bits per heavy atom. The lowest BCUT2D eigenvalue weighted by atomic mass is 10.1. The van der Waals surface area contributed by atoms with E-state index in [1.165, 1.54) is 0 Å². The van der Waals surface area contributed by atoms with Crippen LogP contribution >= 0.6 is 0 Å². The molecule has 7 heteroatoms. The number of nitrogens with one attached hydrogen (secondary N) is 2. The Kier molecular flexibility index (Phi) is 5.61. The van der Waals surface area contributed by atoms with Gasteiger partial charge in [-0.3, -0.25) is 14.6 Å². The highest BCUT2D eigenvalue weighted by Gasteiger charge is 2.12. The zero-order valence-electron chi connectivity index (χ0n) is 16.6.